The first kappa shape index (κ1) is 17.7. The Hall–Kier alpha value is -2.13. The van der Waals surface area contributed by atoms with Crippen LogP contribution in [0.2, 0.25) is 0 Å². The van der Waals surface area contributed by atoms with Gasteiger partial charge in [-0.1, -0.05) is 11.8 Å². The molecule has 0 bridgehead atoms. The number of tetrazole rings is 1. The summed E-state index contributed by atoms with van der Waals surface area (Å²) in [4.78, 5) is 14.3. The summed E-state index contributed by atoms with van der Waals surface area (Å²) in [6.45, 7) is 5.20. The van der Waals surface area contributed by atoms with Gasteiger partial charge in [0, 0.05) is 13.1 Å². The van der Waals surface area contributed by atoms with Gasteiger partial charge in [-0.25, -0.2) is 0 Å². The standard InChI is InChI=1S/C16H21N5O3S/c1-11-8-20(9-12(2)24-11)15(22)10-25-16-17-18-19-21(16)13-4-6-14(23-3)7-5-13/h4-7,11-12H,8-10H2,1-3H3/t11-,12-/m0/s1. The third-order valence-corrected chi connectivity index (χ3v) is 4.76. The van der Waals surface area contributed by atoms with Crippen LogP contribution in [0.5, 0.6) is 5.75 Å². The van der Waals surface area contributed by atoms with E-state index < -0.39 is 0 Å². The highest BCUT2D eigenvalue weighted by atomic mass is 32.2. The van der Waals surface area contributed by atoms with E-state index in [1.807, 2.05) is 43.0 Å². The van der Waals surface area contributed by atoms with Crippen LogP contribution in [0.4, 0.5) is 0 Å². The Morgan fingerprint density at radius 2 is 1.96 bits per heavy atom. The van der Waals surface area contributed by atoms with Crippen LogP contribution in [0, 0.1) is 0 Å². The second kappa shape index (κ2) is 7.83. The molecular formula is C16H21N5O3S. The summed E-state index contributed by atoms with van der Waals surface area (Å²) in [5.74, 6) is 1.11. The number of methoxy groups -OCH3 is 1. The van der Waals surface area contributed by atoms with Gasteiger partial charge in [0.1, 0.15) is 5.75 Å². The van der Waals surface area contributed by atoms with E-state index in [2.05, 4.69) is 15.5 Å². The summed E-state index contributed by atoms with van der Waals surface area (Å²) >= 11 is 1.33. The molecule has 0 N–H and O–H groups in total. The monoisotopic (exact) mass is 363 g/mol. The van der Waals surface area contributed by atoms with Gasteiger partial charge in [0.2, 0.25) is 11.1 Å². The first-order valence-corrected chi connectivity index (χ1v) is 9.04. The number of carbonyl (C=O) groups is 1. The molecule has 0 unspecified atom stereocenters. The van der Waals surface area contributed by atoms with Crippen molar-refractivity contribution in [1.29, 1.82) is 0 Å². The zero-order chi connectivity index (χ0) is 17.8. The maximum atomic E-state index is 12.5. The van der Waals surface area contributed by atoms with Crippen molar-refractivity contribution >= 4 is 17.7 Å². The largest absolute Gasteiger partial charge is 0.497 e. The van der Waals surface area contributed by atoms with Crippen LogP contribution < -0.4 is 4.74 Å². The number of thioether (sulfide) groups is 1. The molecule has 1 fully saturated rings. The lowest BCUT2D eigenvalue weighted by molar-refractivity contribution is -0.140. The molecule has 1 aliphatic rings. The predicted octanol–water partition coefficient (Wildman–Crippen LogP) is 1.40. The molecule has 1 aliphatic heterocycles. The quantitative estimate of drug-likeness (QED) is 0.743. The first-order valence-electron chi connectivity index (χ1n) is 8.05. The lowest BCUT2D eigenvalue weighted by Crippen LogP contribution is -2.48. The number of aromatic nitrogens is 4. The number of morpholine rings is 1. The number of ether oxygens (including phenoxy) is 2. The highest BCUT2D eigenvalue weighted by Crippen LogP contribution is 2.21. The Morgan fingerprint density at radius 3 is 2.60 bits per heavy atom. The summed E-state index contributed by atoms with van der Waals surface area (Å²) in [7, 11) is 1.62. The second-order valence-electron chi connectivity index (χ2n) is 5.92. The molecule has 9 heteroatoms. The third-order valence-electron chi connectivity index (χ3n) is 3.85. The number of hydrogen-bond donors (Lipinski definition) is 0. The molecule has 0 radical (unpaired) electrons. The normalized spacial score (nSPS) is 20.5. The molecule has 2 aromatic rings. The third kappa shape index (κ3) is 4.29. The Kier molecular flexibility index (Phi) is 5.54. The van der Waals surface area contributed by atoms with Crippen LogP contribution in [0.15, 0.2) is 29.4 Å². The van der Waals surface area contributed by atoms with Gasteiger partial charge in [-0.15, -0.1) is 5.10 Å². The van der Waals surface area contributed by atoms with Crippen molar-refractivity contribution in [3.05, 3.63) is 24.3 Å². The molecule has 1 saturated heterocycles. The van der Waals surface area contributed by atoms with Gasteiger partial charge in [-0.3, -0.25) is 4.79 Å². The van der Waals surface area contributed by atoms with Gasteiger partial charge in [-0.05, 0) is 48.5 Å². The van der Waals surface area contributed by atoms with Gasteiger partial charge < -0.3 is 14.4 Å². The minimum Gasteiger partial charge on any atom is -0.497 e. The predicted molar refractivity (Wildman–Crippen MR) is 93.0 cm³/mol. The lowest BCUT2D eigenvalue weighted by Gasteiger charge is -2.35. The Labute approximate surface area is 150 Å². The number of nitrogens with zero attached hydrogens (tertiary/aromatic N) is 5. The topological polar surface area (TPSA) is 82.4 Å². The van der Waals surface area contributed by atoms with Crippen molar-refractivity contribution in [1.82, 2.24) is 25.1 Å². The minimum atomic E-state index is 0.0577. The summed E-state index contributed by atoms with van der Waals surface area (Å²) < 4.78 is 12.4. The molecule has 1 amide bonds. The van der Waals surface area contributed by atoms with Gasteiger partial charge in [0.05, 0.1) is 30.8 Å². The van der Waals surface area contributed by atoms with Crippen LogP contribution in [0.25, 0.3) is 5.69 Å². The van der Waals surface area contributed by atoms with Crippen LogP contribution in [-0.2, 0) is 9.53 Å². The SMILES string of the molecule is COc1ccc(-n2nnnc2SCC(=O)N2C[C@H](C)O[C@@H](C)C2)cc1. The molecular weight excluding hydrogens is 342 g/mol. The minimum absolute atomic E-state index is 0.0577. The van der Waals surface area contributed by atoms with Crippen LogP contribution >= 0.6 is 11.8 Å². The lowest BCUT2D eigenvalue weighted by atomic mass is 10.2. The fraction of sp³-hybridized carbons (Fsp3) is 0.500. The van der Waals surface area contributed by atoms with E-state index in [1.54, 1.807) is 11.8 Å². The Bertz CT molecular complexity index is 711. The molecule has 1 aromatic heterocycles. The molecule has 8 nitrogen and oxygen atoms in total. The fourth-order valence-corrected chi connectivity index (χ4v) is 3.55. The van der Waals surface area contributed by atoms with Gasteiger partial charge in [0.25, 0.3) is 0 Å². The molecule has 0 saturated carbocycles. The van der Waals surface area contributed by atoms with E-state index in [9.17, 15) is 4.79 Å². The summed E-state index contributed by atoms with van der Waals surface area (Å²) in [6, 6.07) is 7.42. The second-order valence-corrected chi connectivity index (χ2v) is 6.86. The van der Waals surface area contributed by atoms with Crippen LogP contribution in [-0.4, -0.2) is 69.2 Å². The molecule has 0 spiro atoms. The average molecular weight is 363 g/mol. The number of hydrogen-bond acceptors (Lipinski definition) is 7. The smallest absolute Gasteiger partial charge is 0.233 e. The Morgan fingerprint density at radius 1 is 1.28 bits per heavy atom. The number of amides is 1. The maximum absolute atomic E-state index is 12.5. The van der Waals surface area contributed by atoms with E-state index in [-0.39, 0.29) is 23.9 Å². The van der Waals surface area contributed by atoms with E-state index in [0.717, 1.165) is 11.4 Å². The zero-order valence-corrected chi connectivity index (χ0v) is 15.3. The van der Waals surface area contributed by atoms with Crippen molar-refractivity contribution < 1.29 is 14.3 Å². The van der Waals surface area contributed by atoms with E-state index in [1.165, 1.54) is 11.8 Å². The summed E-state index contributed by atoms with van der Waals surface area (Å²) in [5.41, 5.74) is 0.814. The summed E-state index contributed by atoms with van der Waals surface area (Å²) in [5, 5.41) is 12.3. The number of benzene rings is 1. The maximum Gasteiger partial charge on any atom is 0.233 e. The van der Waals surface area contributed by atoms with E-state index in [4.69, 9.17) is 9.47 Å². The van der Waals surface area contributed by atoms with E-state index in [0.29, 0.717) is 18.2 Å². The average Bonchev–Trinajstić information content (AvgIpc) is 3.07. The zero-order valence-electron chi connectivity index (χ0n) is 14.5. The van der Waals surface area contributed by atoms with E-state index >= 15 is 0 Å². The van der Waals surface area contributed by atoms with Crippen molar-refractivity contribution in [2.75, 3.05) is 26.0 Å². The highest BCUT2D eigenvalue weighted by Gasteiger charge is 2.26. The van der Waals surface area contributed by atoms with Crippen LogP contribution in [0.1, 0.15) is 13.8 Å². The van der Waals surface area contributed by atoms with Gasteiger partial charge in [-0.2, -0.15) is 4.68 Å². The fourth-order valence-electron chi connectivity index (χ4n) is 2.75. The Balaban J connectivity index is 1.64. The molecule has 0 aliphatic carbocycles. The highest BCUT2D eigenvalue weighted by molar-refractivity contribution is 7.99. The van der Waals surface area contributed by atoms with Gasteiger partial charge in [0.15, 0.2) is 0 Å². The molecule has 1 aromatic carbocycles. The van der Waals surface area contributed by atoms with Crippen molar-refractivity contribution in [3.63, 3.8) is 0 Å². The molecule has 2 atom stereocenters. The molecule has 134 valence electrons. The van der Waals surface area contributed by atoms with Crippen molar-refractivity contribution in [2.45, 2.75) is 31.2 Å². The molecule has 2 heterocycles. The van der Waals surface area contributed by atoms with Crippen LogP contribution in [0.3, 0.4) is 0 Å². The molecule has 25 heavy (non-hydrogen) atoms. The number of carbonyl (C=O) groups excluding carboxylic acids is 1. The number of rotatable bonds is 5. The van der Waals surface area contributed by atoms with Crippen molar-refractivity contribution in [2.24, 2.45) is 0 Å². The van der Waals surface area contributed by atoms with Crippen molar-refractivity contribution in [3.8, 4) is 11.4 Å². The first-order chi connectivity index (χ1) is 12.1. The molecule has 3 rings (SSSR count). The van der Waals surface area contributed by atoms with Gasteiger partial charge >= 0.3 is 0 Å². The summed E-state index contributed by atoms with van der Waals surface area (Å²) in [6.07, 6.45) is 0.115.